The highest BCUT2D eigenvalue weighted by atomic mass is 15.0. The van der Waals surface area contributed by atoms with Crippen LogP contribution < -0.4 is 0 Å². The summed E-state index contributed by atoms with van der Waals surface area (Å²) in [6.07, 6.45) is 0. The standard InChI is InChI=1S/C51H35N3/c1-50(2)42-24-12-14-26-44(42)51(45-27-15-13-25-43(45)50)41-23-11-10-22-38(41)39-29-28-34(31-46(39)51)48-52-47(32-16-4-3-5-17-32)53-49(54-48)40-30-33-18-6-7-19-35(33)36-20-8-9-21-37(36)40/h3-31H,1-2H3. The van der Waals surface area contributed by atoms with Crippen molar-refractivity contribution in [3.8, 4) is 45.3 Å². The first-order valence-corrected chi connectivity index (χ1v) is 18.7. The number of benzene rings is 8. The number of fused-ring (bicyclic) bond motifs is 12. The van der Waals surface area contributed by atoms with Crippen molar-refractivity contribution >= 4 is 21.5 Å². The van der Waals surface area contributed by atoms with Gasteiger partial charge in [-0.1, -0.05) is 178 Å². The van der Waals surface area contributed by atoms with Crippen LogP contribution in [0.4, 0.5) is 0 Å². The summed E-state index contributed by atoms with van der Waals surface area (Å²) in [5.41, 5.74) is 12.7. The highest BCUT2D eigenvalue weighted by molar-refractivity contribution is 6.13. The Kier molecular flexibility index (Phi) is 6.51. The van der Waals surface area contributed by atoms with Crippen LogP contribution in [0.2, 0.25) is 0 Å². The summed E-state index contributed by atoms with van der Waals surface area (Å²) in [6.45, 7) is 4.73. The van der Waals surface area contributed by atoms with Crippen molar-refractivity contribution in [2.75, 3.05) is 0 Å². The predicted octanol–water partition coefficient (Wildman–Crippen LogP) is 12.2. The first-order chi connectivity index (χ1) is 26.5. The van der Waals surface area contributed by atoms with Crippen LogP contribution in [-0.2, 0) is 10.8 Å². The van der Waals surface area contributed by atoms with Crippen LogP contribution >= 0.6 is 0 Å². The summed E-state index contributed by atoms with van der Waals surface area (Å²) >= 11 is 0. The van der Waals surface area contributed by atoms with Gasteiger partial charge in [0.05, 0.1) is 5.41 Å². The number of aromatic nitrogens is 3. The lowest BCUT2D eigenvalue weighted by Crippen LogP contribution is -2.40. The van der Waals surface area contributed by atoms with E-state index in [2.05, 4.69) is 172 Å². The molecule has 0 amide bonds. The Labute approximate surface area is 314 Å². The van der Waals surface area contributed by atoms with Gasteiger partial charge >= 0.3 is 0 Å². The molecule has 0 atom stereocenters. The Morgan fingerprint density at radius 2 is 0.852 bits per heavy atom. The zero-order valence-corrected chi connectivity index (χ0v) is 30.1. The minimum Gasteiger partial charge on any atom is -0.208 e. The third kappa shape index (κ3) is 4.21. The molecule has 254 valence electrons. The Morgan fingerprint density at radius 3 is 1.57 bits per heavy atom. The van der Waals surface area contributed by atoms with Gasteiger partial charge in [-0.25, -0.2) is 15.0 Å². The van der Waals surface area contributed by atoms with Gasteiger partial charge in [0.25, 0.3) is 0 Å². The van der Waals surface area contributed by atoms with Gasteiger partial charge in [0, 0.05) is 22.1 Å². The molecule has 2 aliphatic carbocycles. The molecule has 3 nitrogen and oxygen atoms in total. The molecule has 0 radical (unpaired) electrons. The molecular weight excluding hydrogens is 655 g/mol. The molecule has 0 saturated carbocycles. The summed E-state index contributed by atoms with van der Waals surface area (Å²) in [6, 6.07) is 63.6. The Balaban J connectivity index is 1.20. The average Bonchev–Trinajstić information content (AvgIpc) is 3.53. The normalized spacial score (nSPS) is 14.4. The van der Waals surface area contributed by atoms with Crippen LogP contribution in [0.15, 0.2) is 176 Å². The molecule has 0 fully saturated rings. The van der Waals surface area contributed by atoms with E-state index in [0.29, 0.717) is 17.5 Å². The number of rotatable bonds is 3. The Morgan fingerprint density at radius 1 is 0.333 bits per heavy atom. The molecule has 1 heterocycles. The monoisotopic (exact) mass is 689 g/mol. The van der Waals surface area contributed by atoms with E-state index in [-0.39, 0.29) is 5.41 Å². The lowest BCUT2D eigenvalue weighted by atomic mass is 9.55. The third-order valence-electron chi connectivity index (χ3n) is 12.0. The van der Waals surface area contributed by atoms with E-state index in [9.17, 15) is 0 Å². The molecule has 0 unspecified atom stereocenters. The highest BCUT2D eigenvalue weighted by Crippen LogP contribution is 2.62. The molecule has 1 spiro atoms. The summed E-state index contributed by atoms with van der Waals surface area (Å²) in [4.78, 5) is 15.8. The van der Waals surface area contributed by atoms with Crippen LogP contribution in [0.5, 0.6) is 0 Å². The second-order valence-electron chi connectivity index (χ2n) is 15.1. The molecule has 0 bridgehead atoms. The van der Waals surface area contributed by atoms with Gasteiger partial charge in [-0.2, -0.15) is 0 Å². The van der Waals surface area contributed by atoms with Crippen LogP contribution in [0.25, 0.3) is 66.8 Å². The van der Waals surface area contributed by atoms with Crippen molar-refractivity contribution in [2.45, 2.75) is 24.7 Å². The molecule has 8 aromatic carbocycles. The largest absolute Gasteiger partial charge is 0.208 e. The minimum atomic E-state index is -0.503. The van der Waals surface area contributed by atoms with Crippen molar-refractivity contribution < 1.29 is 0 Å². The van der Waals surface area contributed by atoms with E-state index in [1.807, 2.05) is 18.2 Å². The van der Waals surface area contributed by atoms with E-state index in [4.69, 9.17) is 15.0 Å². The van der Waals surface area contributed by atoms with Crippen molar-refractivity contribution in [3.63, 3.8) is 0 Å². The molecule has 1 aromatic heterocycles. The van der Waals surface area contributed by atoms with Gasteiger partial charge in [0.1, 0.15) is 0 Å². The fourth-order valence-corrected chi connectivity index (χ4v) is 9.58. The zero-order chi connectivity index (χ0) is 36.0. The molecule has 11 rings (SSSR count). The molecule has 54 heavy (non-hydrogen) atoms. The topological polar surface area (TPSA) is 38.7 Å². The second-order valence-corrected chi connectivity index (χ2v) is 15.1. The summed E-state index contributed by atoms with van der Waals surface area (Å²) in [5.74, 6) is 1.97. The Bertz CT molecular complexity index is 2930. The first kappa shape index (κ1) is 30.9. The maximum absolute atomic E-state index is 5.35. The van der Waals surface area contributed by atoms with Crippen LogP contribution in [0, 0.1) is 0 Å². The van der Waals surface area contributed by atoms with Gasteiger partial charge in [-0.3, -0.25) is 0 Å². The van der Waals surface area contributed by atoms with Crippen molar-refractivity contribution in [2.24, 2.45) is 0 Å². The quantitative estimate of drug-likeness (QED) is 0.173. The van der Waals surface area contributed by atoms with Crippen molar-refractivity contribution in [3.05, 3.63) is 209 Å². The molecule has 3 heteroatoms. The van der Waals surface area contributed by atoms with Crippen molar-refractivity contribution in [1.82, 2.24) is 15.0 Å². The summed E-state index contributed by atoms with van der Waals surface area (Å²) in [7, 11) is 0. The molecule has 0 aliphatic heterocycles. The fraction of sp³-hybridized carbons (Fsp3) is 0.0784. The predicted molar refractivity (Wildman–Crippen MR) is 221 cm³/mol. The molecule has 0 N–H and O–H groups in total. The molecular formula is C51H35N3. The van der Waals surface area contributed by atoms with Gasteiger partial charge in [0.2, 0.25) is 0 Å². The fourth-order valence-electron chi connectivity index (χ4n) is 9.58. The maximum Gasteiger partial charge on any atom is 0.164 e. The van der Waals surface area contributed by atoms with Gasteiger partial charge < -0.3 is 0 Å². The molecule has 2 aliphatic rings. The van der Waals surface area contributed by atoms with E-state index in [0.717, 1.165) is 27.5 Å². The SMILES string of the molecule is CC1(C)c2ccccc2C2(c3ccccc3-c3ccc(-c4nc(-c5ccccc5)nc(-c5cc6ccccc6c6ccccc56)n4)cc32)c2ccccc21. The van der Waals surface area contributed by atoms with E-state index >= 15 is 0 Å². The third-order valence-corrected chi connectivity index (χ3v) is 12.0. The Hall–Kier alpha value is -6.71. The van der Waals surface area contributed by atoms with Crippen LogP contribution in [0.3, 0.4) is 0 Å². The van der Waals surface area contributed by atoms with Crippen LogP contribution in [0.1, 0.15) is 47.2 Å². The van der Waals surface area contributed by atoms with E-state index in [1.165, 1.54) is 55.3 Å². The second kappa shape index (κ2) is 11.4. The van der Waals surface area contributed by atoms with E-state index in [1.54, 1.807) is 0 Å². The molecule has 0 saturated heterocycles. The summed E-state index contributed by atoms with van der Waals surface area (Å²) in [5, 5.41) is 4.68. The van der Waals surface area contributed by atoms with Gasteiger partial charge in [-0.05, 0) is 78.2 Å². The first-order valence-electron chi connectivity index (χ1n) is 18.7. The highest BCUT2D eigenvalue weighted by Gasteiger charge is 2.53. The number of nitrogens with zero attached hydrogens (tertiary/aromatic N) is 3. The number of hydrogen-bond donors (Lipinski definition) is 0. The van der Waals surface area contributed by atoms with Crippen LogP contribution in [-0.4, -0.2) is 15.0 Å². The van der Waals surface area contributed by atoms with Gasteiger partial charge in [0.15, 0.2) is 17.5 Å². The average molecular weight is 690 g/mol. The van der Waals surface area contributed by atoms with E-state index < -0.39 is 5.41 Å². The minimum absolute atomic E-state index is 0.163. The number of hydrogen-bond acceptors (Lipinski definition) is 3. The lowest BCUT2D eigenvalue weighted by molar-refractivity contribution is 0.563. The molecule has 9 aromatic rings. The maximum atomic E-state index is 5.35. The van der Waals surface area contributed by atoms with Gasteiger partial charge in [-0.15, -0.1) is 0 Å². The summed E-state index contributed by atoms with van der Waals surface area (Å²) < 4.78 is 0. The smallest absolute Gasteiger partial charge is 0.164 e. The lowest BCUT2D eigenvalue weighted by Gasteiger charge is -2.46. The zero-order valence-electron chi connectivity index (χ0n) is 30.1. The van der Waals surface area contributed by atoms with Crippen molar-refractivity contribution in [1.29, 1.82) is 0 Å².